The van der Waals surface area contributed by atoms with E-state index in [1.165, 1.54) is 0 Å². The summed E-state index contributed by atoms with van der Waals surface area (Å²) < 4.78 is 0. The summed E-state index contributed by atoms with van der Waals surface area (Å²) in [7, 11) is 0. The number of rotatable bonds is 9. The van der Waals surface area contributed by atoms with Crippen molar-refractivity contribution < 1.29 is 9.59 Å². The molecule has 0 bridgehead atoms. The van der Waals surface area contributed by atoms with E-state index in [4.69, 9.17) is 5.73 Å². The molecule has 2 amide bonds. The number of hydrogen-bond acceptors (Lipinski definition) is 3. The zero-order valence-electron chi connectivity index (χ0n) is 13.1. The first kappa shape index (κ1) is 20.4. The summed E-state index contributed by atoms with van der Waals surface area (Å²) in [5.41, 5.74) is 6.60. The Morgan fingerprint density at radius 2 is 1.91 bits per heavy atom. The molecule has 3 N–H and O–H groups in total. The number of hydrogen-bond donors (Lipinski definition) is 2. The van der Waals surface area contributed by atoms with E-state index < -0.39 is 0 Å². The van der Waals surface area contributed by atoms with Crippen LogP contribution in [0.15, 0.2) is 30.3 Å². The number of nitrogens with one attached hydrogen (secondary N) is 1. The van der Waals surface area contributed by atoms with Crippen molar-refractivity contribution in [3.63, 3.8) is 0 Å². The lowest BCUT2D eigenvalue weighted by atomic mass is 10.2. The number of carbonyl (C=O) groups excluding carboxylic acids is 2. The molecule has 1 rings (SSSR count). The van der Waals surface area contributed by atoms with Gasteiger partial charge in [0.15, 0.2) is 0 Å². The minimum Gasteiger partial charge on any atom is -0.347 e. The Balaban J connectivity index is 0.00000441. The monoisotopic (exact) mass is 327 g/mol. The molecule has 0 atom stereocenters. The third-order valence-corrected chi connectivity index (χ3v) is 3.11. The Morgan fingerprint density at radius 3 is 2.50 bits per heavy atom. The molecule has 0 saturated heterocycles. The molecule has 0 aliphatic rings. The van der Waals surface area contributed by atoms with Crippen LogP contribution in [0, 0.1) is 0 Å². The Bertz CT molecular complexity index is 440. The van der Waals surface area contributed by atoms with E-state index in [2.05, 4.69) is 5.32 Å². The van der Waals surface area contributed by atoms with Crippen LogP contribution in [-0.4, -0.2) is 36.3 Å². The van der Waals surface area contributed by atoms with Gasteiger partial charge in [-0.25, -0.2) is 0 Å². The van der Waals surface area contributed by atoms with Gasteiger partial charge in [0.2, 0.25) is 11.8 Å². The maximum atomic E-state index is 12.2. The lowest BCUT2D eigenvalue weighted by molar-refractivity contribution is -0.133. The van der Waals surface area contributed by atoms with Crippen molar-refractivity contribution in [3.8, 4) is 0 Å². The second kappa shape index (κ2) is 12.0. The van der Waals surface area contributed by atoms with E-state index in [1.54, 1.807) is 4.90 Å². The van der Waals surface area contributed by atoms with Gasteiger partial charge >= 0.3 is 0 Å². The number of benzene rings is 1. The highest BCUT2D eigenvalue weighted by Gasteiger charge is 2.14. The summed E-state index contributed by atoms with van der Waals surface area (Å²) in [5, 5.41) is 2.66. The Labute approximate surface area is 138 Å². The lowest BCUT2D eigenvalue weighted by Gasteiger charge is -2.23. The second-order valence-corrected chi connectivity index (χ2v) is 4.97. The van der Waals surface area contributed by atoms with Gasteiger partial charge in [0.05, 0.1) is 6.54 Å². The van der Waals surface area contributed by atoms with Crippen molar-refractivity contribution in [1.29, 1.82) is 0 Å². The first-order valence-electron chi connectivity index (χ1n) is 7.45. The van der Waals surface area contributed by atoms with Crippen LogP contribution < -0.4 is 11.1 Å². The van der Waals surface area contributed by atoms with E-state index in [0.29, 0.717) is 26.1 Å². The SMILES string of the molecule is CCCC(=O)NCC(=O)N(CCCN)Cc1ccccc1.Cl. The second-order valence-electron chi connectivity index (χ2n) is 4.97. The number of nitrogens with zero attached hydrogens (tertiary/aromatic N) is 1. The Hall–Kier alpha value is -1.59. The molecule has 0 aromatic heterocycles. The highest BCUT2D eigenvalue weighted by molar-refractivity contribution is 5.85. The minimum atomic E-state index is -0.0793. The summed E-state index contributed by atoms with van der Waals surface area (Å²) in [6.45, 7) is 3.68. The molecule has 0 unspecified atom stereocenters. The topological polar surface area (TPSA) is 75.4 Å². The summed E-state index contributed by atoms with van der Waals surface area (Å²) in [4.78, 5) is 25.4. The number of amides is 2. The third kappa shape index (κ3) is 8.00. The molecular weight excluding hydrogens is 302 g/mol. The van der Waals surface area contributed by atoms with E-state index in [1.807, 2.05) is 37.3 Å². The summed E-state index contributed by atoms with van der Waals surface area (Å²) in [5.74, 6) is -0.152. The fourth-order valence-corrected chi connectivity index (χ4v) is 1.98. The maximum Gasteiger partial charge on any atom is 0.242 e. The lowest BCUT2D eigenvalue weighted by Crippen LogP contribution is -2.40. The van der Waals surface area contributed by atoms with E-state index >= 15 is 0 Å². The first-order valence-corrected chi connectivity index (χ1v) is 7.45. The van der Waals surface area contributed by atoms with Crippen molar-refractivity contribution in [2.45, 2.75) is 32.7 Å². The van der Waals surface area contributed by atoms with E-state index in [9.17, 15) is 9.59 Å². The van der Waals surface area contributed by atoms with Gasteiger partial charge in [0.1, 0.15) is 0 Å². The zero-order chi connectivity index (χ0) is 15.5. The minimum absolute atomic E-state index is 0. The Kier molecular flexibility index (Phi) is 11.1. The molecular formula is C16H26ClN3O2. The van der Waals surface area contributed by atoms with Gasteiger partial charge in [-0.05, 0) is 24.9 Å². The van der Waals surface area contributed by atoms with Gasteiger partial charge in [0.25, 0.3) is 0 Å². The molecule has 1 aromatic rings. The first-order chi connectivity index (χ1) is 10.2. The molecule has 124 valence electrons. The average molecular weight is 328 g/mol. The van der Waals surface area contributed by atoms with Crippen molar-refractivity contribution in [2.75, 3.05) is 19.6 Å². The number of nitrogens with two attached hydrogens (primary N) is 1. The number of carbonyl (C=O) groups is 2. The van der Waals surface area contributed by atoms with Crippen LogP contribution in [0.4, 0.5) is 0 Å². The third-order valence-electron chi connectivity index (χ3n) is 3.11. The predicted molar refractivity (Wildman–Crippen MR) is 90.7 cm³/mol. The highest BCUT2D eigenvalue weighted by Crippen LogP contribution is 2.05. The van der Waals surface area contributed by atoms with Gasteiger partial charge in [-0.2, -0.15) is 0 Å². The maximum absolute atomic E-state index is 12.2. The molecule has 5 nitrogen and oxygen atoms in total. The smallest absolute Gasteiger partial charge is 0.242 e. The van der Waals surface area contributed by atoms with Gasteiger partial charge in [-0.3, -0.25) is 9.59 Å². The molecule has 0 aliphatic carbocycles. The quantitative estimate of drug-likeness (QED) is 0.725. The molecule has 0 saturated carbocycles. The van der Waals surface area contributed by atoms with E-state index in [-0.39, 0.29) is 30.8 Å². The van der Waals surface area contributed by atoms with Crippen molar-refractivity contribution in [3.05, 3.63) is 35.9 Å². The number of halogens is 1. The predicted octanol–water partition coefficient (Wildman–Crippen LogP) is 1.70. The van der Waals surface area contributed by atoms with Gasteiger partial charge in [-0.15, -0.1) is 12.4 Å². The fraction of sp³-hybridized carbons (Fsp3) is 0.500. The average Bonchev–Trinajstić information content (AvgIpc) is 2.50. The molecule has 0 radical (unpaired) electrons. The molecule has 0 aliphatic heterocycles. The van der Waals surface area contributed by atoms with Crippen LogP contribution in [0.25, 0.3) is 0 Å². The highest BCUT2D eigenvalue weighted by atomic mass is 35.5. The van der Waals surface area contributed by atoms with Crippen molar-refractivity contribution in [2.24, 2.45) is 5.73 Å². The normalized spacial score (nSPS) is 9.73. The van der Waals surface area contributed by atoms with Crippen LogP contribution in [0.2, 0.25) is 0 Å². The van der Waals surface area contributed by atoms with Crippen LogP contribution in [-0.2, 0) is 16.1 Å². The molecule has 1 aromatic carbocycles. The largest absolute Gasteiger partial charge is 0.347 e. The summed E-state index contributed by atoms with van der Waals surface area (Å²) in [6.07, 6.45) is 1.98. The summed E-state index contributed by atoms with van der Waals surface area (Å²) >= 11 is 0. The zero-order valence-corrected chi connectivity index (χ0v) is 13.9. The van der Waals surface area contributed by atoms with Gasteiger partial charge < -0.3 is 16.0 Å². The van der Waals surface area contributed by atoms with Crippen LogP contribution in [0.5, 0.6) is 0 Å². The molecule has 22 heavy (non-hydrogen) atoms. The van der Waals surface area contributed by atoms with Gasteiger partial charge in [-0.1, -0.05) is 37.3 Å². The van der Waals surface area contributed by atoms with E-state index in [0.717, 1.165) is 18.4 Å². The molecule has 0 fully saturated rings. The summed E-state index contributed by atoms with van der Waals surface area (Å²) in [6, 6.07) is 9.81. The van der Waals surface area contributed by atoms with Crippen molar-refractivity contribution >= 4 is 24.2 Å². The molecule has 0 spiro atoms. The Morgan fingerprint density at radius 1 is 1.23 bits per heavy atom. The fourth-order valence-electron chi connectivity index (χ4n) is 1.98. The van der Waals surface area contributed by atoms with Crippen LogP contribution >= 0.6 is 12.4 Å². The van der Waals surface area contributed by atoms with Gasteiger partial charge in [0, 0.05) is 19.5 Å². The van der Waals surface area contributed by atoms with Crippen LogP contribution in [0.1, 0.15) is 31.7 Å². The molecule has 0 heterocycles. The standard InChI is InChI=1S/C16H25N3O2.ClH/c1-2-7-15(20)18-12-16(21)19(11-6-10-17)13-14-8-4-3-5-9-14;/h3-5,8-9H,2,6-7,10-13,17H2,1H3,(H,18,20);1H. The van der Waals surface area contributed by atoms with Crippen LogP contribution in [0.3, 0.4) is 0 Å². The van der Waals surface area contributed by atoms with Crippen molar-refractivity contribution in [1.82, 2.24) is 10.2 Å². The molecule has 6 heteroatoms.